The molecule has 0 bridgehead atoms. The molecular formula is C26H32N4O4S. The van der Waals surface area contributed by atoms with Crippen LogP contribution in [0.15, 0.2) is 46.8 Å². The number of nitrogens with zero attached hydrogens (tertiary/aromatic N) is 2. The summed E-state index contributed by atoms with van der Waals surface area (Å²) in [6.45, 7) is 9.23. The van der Waals surface area contributed by atoms with Crippen LogP contribution in [0.3, 0.4) is 0 Å². The molecule has 2 aromatic rings. The maximum absolute atomic E-state index is 12.9. The number of ether oxygens (including phenoxy) is 2. The molecule has 2 amide bonds. The van der Waals surface area contributed by atoms with Crippen LogP contribution in [0.5, 0.6) is 0 Å². The number of aliphatic imine (C=N–C) groups is 1. The molecule has 2 N–H and O–H groups in total. The number of benzene rings is 1. The molecule has 186 valence electrons. The smallest absolute Gasteiger partial charge is 0.408 e. The molecule has 1 aliphatic heterocycles. The Morgan fingerprint density at radius 1 is 1.09 bits per heavy atom. The Labute approximate surface area is 210 Å². The third-order valence-corrected chi connectivity index (χ3v) is 5.68. The van der Waals surface area contributed by atoms with E-state index in [0.717, 1.165) is 33.8 Å². The van der Waals surface area contributed by atoms with Gasteiger partial charge in [0.25, 0.3) is 0 Å². The van der Waals surface area contributed by atoms with E-state index in [1.807, 2.05) is 31.4 Å². The highest BCUT2D eigenvalue weighted by Gasteiger charge is 2.25. The van der Waals surface area contributed by atoms with Crippen molar-refractivity contribution in [3.63, 3.8) is 0 Å². The fourth-order valence-corrected chi connectivity index (χ4v) is 4.21. The van der Waals surface area contributed by atoms with Gasteiger partial charge in [-0.2, -0.15) is 0 Å². The molecule has 3 rings (SSSR count). The number of hydrogen-bond acceptors (Lipinski definition) is 7. The maximum Gasteiger partial charge on any atom is 0.408 e. The second kappa shape index (κ2) is 11.5. The molecule has 1 atom stereocenters. The summed E-state index contributed by atoms with van der Waals surface area (Å²) in [7, 11) is 1.46. The minimum Gasteiger partial charge on any atom is -0.444 e. The number of hydrogen-bond donors (Lipinski definition) is 2. The first-order valence-electron chi connectivity index (χ1n) is 11.3. The Balaban J connectivity index is 1.75. The average Bonchev–Trinajstić information content (AvgIpc) is 2.77. The van der Waals surface area contributed by atoms with Crippen molar-refractivity contribution in [2.75, 3.05) is 19.5 Å². The second-order valence-corrected chi connectivity index (χ2v) is 10.1. The van der Waals surface area contributed by atoms with E-state index in [-0.39, 0.29) is 6.61 Å². The van der Waals surface area contributed by atoms with Gasteiger partial charge < -0.3 is 20.1 Å². The summed E-state index contributed by atoms with van der Waals surface area (Å²) in [5.74, 6) is 0.587. The number of carbonyl (C=O) groups is 2. The van der Waals surface area contributed by atoms with Crippen molar-refractivity contribution < 1.29 is 19.1 Å². The summed E-state index contributed by atoms with van der Waals surface area (Å²) < 4.78 is 10.4. The lowest BCUT2D eigenvalue weighted by molar-refractivity contribution is -0.123. The molecule has 0 fully saturated rings. The zero-order valence-electron chi connectivity index (χ0n) is 21.0. The first-order chi connectivity index (χ1) is 16.5. The van der Waals surface area contributed by atoms with Crippen LogP contribution in [-0.2, 0) is 14.3 Å². The summed E-state index contributed by atoms with van der Waals surface area (Å²) in [5.41, 5.74) is 5.10. The summed E-state index contributed by atoms with van der Waals surface area (Å²) in [6.07, 6.45) is -0.686. The normalized spacial score (nSPS) is 14.5. The van der Waals surface area contributed by atoms with E-state index in [2.05, 4.69) is 44.9 Å². The topological polar surface area (TPSA) is 102 Å². The van der Waals surface area contributed by atoms with Gasteiger partial charge in [-0.1, -0.05) is 18.2 Å². The third kappa shape index (κ3) is 7.93. The monoisotopic (exact) mass is 496 g/mol. The molecule has 1 aliphatic rings. The van der Waals surface area contributed by atoms with Crippen molar-refractivity contribution in [2.24, 2.45) is 4.99 Å². The van der Waals surface area contributed by atoms with Crippen LogP contribution in [0, 0.1) is 13.8 Å². The van der Waals surface area contributed by atoms with Gasteiger partial charge in [0.05, 0.1) is 18.1 Å². The number of carbonyl (C=O) groups excluding carboxylic acids is 2. The average molecular weight is 497 g/mol. The Bertz CT molecular complexity index is 1130. The van der Waals surface area contributed by atoms with Crippen LogP contribution in [-0.4, -0.2) is 53.9 Å². The molecule has 0 radical (unpaired) electrons. The molecule has 8 nitrogen and oxygen atoms in total. The van der Waals surface area contributed by atoms with E-state index in [9.17, 15) is 9.59 Å². The number of aryl methyl sites for hydroxylation is 2. The maximum atomic E-state index is 12.9. The van der Waals surface area contributed by atoms with Gasteiger partial charge in [0.2, 0.25) is 5.91 Å². The zero-order chi connectivity index (χ0) is 25.6. The van der Waals surface area contributed by atoms with E-state index in [1.165, 1.54) is 7.11 Å². The van der Waals surface area contributed by atoms with Crippen LogP contribution in [0.25, 0.3) is 16.8 Å². The Morgan fingerprint density at radius 2 is 1.77 bits per heavy atom. The van der Waals surface area contributed by atoms with Gasteiger partial charge in [-0.25, -0.2) is 9.79 Å². The Kier molecular flexibility index (Phi) is 8.69. The summed E-state index contributed by atoms with van der Waals surface area (Å²) in [6, 6.07) is 11.3. The molecule has 0 saturated heterocycles. The van der Waals surface area contributed by atoms with E-state index in [4.69, 9.17) is 9.47 Å². The SMILES string of the molecule is COCC(NC(=O)OC(C)(C)C)C(=O)NC1=NC(c2cccc(-c3cc(C)nc(C)c3)c2)=CSC1. The minimum atomic E-state index is -0.918. The Hall–Kier alpha value is -3.17. The van der Waals surface area contributed by atoms with Gasteiger partial charge in [0, 0.05) is 24.1 Å². The largest absolute Gasteiger partial charge is 0.444 e. The fourth-order valence-electron chi connectivity index (χ4n) is 3.49. The van der Waals surface area contributed by atoms with Crippen LogP contribution in [0.1, 0.15) is 37.7 Å². The minimum absolute atomic E-state index is 0.000999. The van der Waals surface area contributed by atoms with E-state index < -0.39 is 23.6 Å². The number of alkyl carbamates (subject to hydrolysis) is 1. The van der Waals surface area contributed by atoms with Gasteiger partial charge in [-0.15, -0.1) is 11.8 Å². The predicted molar refractivity (Wildman–Crippen MR) is 140 cm³/mol. The first kappa shape index (κ1) is 26.4. The number of nitrogens with one attached hydrogen (secondary N) is 2. The molecule has 0 spiro atoms. The highest BCUT2D eigenvalue weighted by Crippen LogP contribution is 2.28. The van der Waals surface area contributed by atoms with E-state index in [0.29, 0.717) is 11.6 Å². The number of thioether (sulfide) groups is 1. The van der Waals surface area contributed by atoms with Crippen molar-refractivity contribution in [3.05, 3.63) is 58.8 Å². The number of rotatable bonds is 6. The summed E-state index contributed by atoms with van der Waals surface area (Å²) in [5, 5.41) is 7.36. The highest BCUT2D eigenvalue weighted by atomic mass is 32.2. The van der Waals surface area contributed by atoms with Crippen LogP contribution < -0.4 is 10.6 Å². The lowest BCUT2D eigenvalue weighted by Gasteiger charge is -2.23. The van der Waals surface area contributed by atoms with E-state index >= 15 is 0 Å². The standard InChI is InChI=1S/C26H32N4O4S/c1-16-10-20(11-17(2)27-16)18-8-7-9-19(12-18)22-14-35-15-23(28-22)30-24(31)21(13-33-6)29-25(32)34-26(3,4)5/h7-12,14,21H,13,15H2,1-6H3,(H,29,32)(H,28,30,31). The molecule has 2 heterocycles. The zero-order valence-corrected chi connectivity index (χ0v) is 21.8. The van der Waals surface area contributed by atoms with Gasteiger partial charge >= 0.3 is 6.09 Å². The van der Waals surface area contributed by atoms with Gasteiger partial charge in [-0.05, 0) is 69.4 Å². The van der Waals surface area contributed by atoms with Gasteiger partial charge in [0.15, 0.2) is 0 Å². The van der Waals surface area contributed by atoms with Crippen LogP contribution >= 0.6 is 11.8 Å². The molecule has 1 aromatic heterocycles. The summed E-state index contributed by atoms with van der Waals surface area (Å²) in [4.78, 5) is 34.1. The second-order valence-electron chi connectivity index (χ2n) is 9.24. The number of aromatic nitrogens is 1. The fraction of sp³-hybridized carbons (Fsp3) is 0.385. The van der Waals surface area contributed by atoms with Crippen molar-refractivity contribution in [2.45, 2.75) is 46.3 Å². The molecular weight excluding hydrogens is 464 g/mol. The number of amides is 2. The number of amidine groups is 1. The molecule has 0 saturated carbocycles. The molecule has 1 unspecified atom stereocenters. The van der Waals surface area contributed by atoms with E-state index in [1.54, 1.807) is 32.5 Å². The third-order valence-electron chi connectivity index (χ3n) is 4.85. The summed E-state index contributed by atoms with van der Waals surface area (Å²) >= 11 is 1.54. The first-order valence-corrected chi connectivity index (χ1v) is 12.3. The van der Waals surface area contributed by atoms with Crippen LogP contribution in [0.2, 0.25) is 0 Å². The van der Waals surface area contributed by atoms with Crippen LogP contribution in [0.4, 0.5) is 4.79 Å². The lowest BCUT2D eigenvalue weighted by Crippen LogP contribution is -2.52. The van der Waals surface area contributed by atoms with Gasteiger partial charge in [0.1, 0.15) is 17.5 Å². The number of pyridine rings is 1. The predicted octanol–water partition coefficient (Wildman–Crippen LogP) is 4.47. The van der Waals surface area contributed by atoms with Crippen molar-refractivity contribution >= 4 is 35.3 Å². The van der Waals surface area contributed by atoms with Gasteiger partial charge in [-0.3, -0.25) is 9.78 Å². The molecule has 35 heavy (non-hydrogen) atoms. The molecule has 1 aromatic carbocycles. The van der Waals surface area contributed by atoms with Crippen molar-refractivity contribution in [1.29, 1.82) is 0 Å². The highest BCUT2D eigenvalue weighted by molar-refractivity contribution is 8.03. The number of methoxy groups -OCH3 is 1. The lowest BCUT2D eigenvalue weighted by atomic mass is 10.0. The van der Waals surface area contributed by atoms with Crippen molar-refractivity contribution in [3.8, 4) is 11.1 Å². The van der Waals surface area contributed by atoms with Crippen molar-refractivity contribution in [1.82, 2.24) is 15.6 Å². The molecule has 0 aliphatic carbocycles. The quantitative estimate of drug-likeness (QED) is 0.612. The Morgan fingerprint density at radius 3 is 2.43 bits per heavy atom. The molecule has 9 heteroatoms.